The maximum Gasteiger partial charge on any atom is 0.472 e. The predicted molar refractivity (Wildman–Crippen MR) is 446 cm³/mol. The van der Waals surface area contributed by atoms with Crippen molar-refractivity contribution in [1.82, 2.24) is 0 Å². The molecule has 3 N–H and O–H groups in total. The van der Waals surface area contributed by atoms with Crippen molar-refractivity contribution in [3.05, 3.63) is 0 Å². The third-order valence-corrected chi connectivity index (χ3v) is 22.9. The fraction of sp³-hybridized carbons (Fsp3) is 0.955. The Kier molecular flexibility index (Phi) is 78.8. The molecule has 0 rings (SSSR count). The molecule has 642 valence electrons. The van der Waals surface area contributed by atoms with Crippen LogP contribution in [-0.2, 0) is 65.4 Å². The van der Waals surface area contributed by atoms with Crippen molar-refractivity contribution in [2.75, 3.05) is 39.6 Å². The normalized spacial score (nSPS) is 13.8. The summed E-state index contributed by atoms with van der Waals surface area (Å²) in [5, 5.41) is 10.7. The van der Waals surface area contributed by atoms with Crippen molar-refractivity contribution >= 4 is 39.5 Å². The highest BCUT2D eigenvalue weighted by Gasteiger charge is 2.31. The van der Waals surface area contributed by atoms with Gasteiger partial charge in [0.25, 0.3) is 0 Å². The van der Waals surface area contributed by atoms with Gasteiger partial charge in [-0.15, -0.1) is 0 Å². The zero-order valence-corrected chi connectivity index (χ0v) is 73.0. The molecular formula is C89H174O17P2. The van der Waals surface area contributed by atoms with Crippen molar-refractivity contribution in [2.24, 2.45) is 11.8 Å². The van der Waals surface area contributed by atoms with Gasteiger partial charge in [-0.05, 0) is 37.5 Å². The fourth-order valence-corrected chi connectivity index (χ4v) is 15.5. The van der Waals surface area contributed by atoms with Gasteiger partial charge in [0, 0.05) is 25.7 Å². The molecule has 0 aliphatic rings. The van der Waals surface area contributed by atoms with Crippen molar-refractivity contribution in [1.29, 1.82) is 0 Å². The van der Waals surface area contributed by atoms with Crippen LogP contribution in [0.15, 0.2) is 0 Å². The van der Waals surface area contributed by atoms with Crippen molar-refractivity contribution in [3.63, 3.8) is 0 Å². The van der Waals surface area contributed by atoms with E-state index in [2.05, 4.69) is 41.5 Å². The van der Waals surface area contributed by atoms with Crippen LogP contribution in [0.1, 0.15) is 478 Å². The number of phosphoric acid groups is 2. The number of ether oxygens (including phenoxy) is 4. The number of carbonyl (C=O) groups excluding carboxylic acids is 4. The van der Waals surface area contributed by atoms with E-state index in [1.54, 1.807) is 0 Å². The Balaban J connectivity index is 5.26. The van der Waals surface area contributed by atoms with E-state index in [9.17, 15) is 43.2 Å². The van der Waals surface area contributed by atoms with Crippen LogP contribution in [0.2, 0.25) is 0 Å². The predicted octanol–water partition coefficient (Wildman–Crippen LogP) is 27.4. The third kappa shape index (κ3) is 82.1. The molecule has 108 heavy (non-hydrogen) atoms. The number of hydrogen-bond donors (Lipinski definition) is 3. The SMILES string of the molecule is CCCCCCCCCCCCCCCCCCCCC(=O)OC[C@H](COP(=O)(O)OC[C@@H](O)COP(=O)(O)OC[C@@H](COC(=O)CCCCCCCCCCCCCCC)OC(=O)CCCCCCCCCCCCCCCC(C)C)OC(=O)CCCCCCCCCCCCCCCCCCCCC(C)C. The lowest BCUT2D eigenvalue weighted by molar-refractivity contribution is -0.161. The number of aliphatic hydroxyl groups excluding tert-OH is 1. The fourth-order valence-electron chi connectivity index (χ4n) is 14.0. The molecule has 0 radical (unpaired) electrons. The Labute approximate surface area is 664 Å². The van der Waals surface area contributed by atoms with Crippen LogP contribution < -0.4 is 0 Å². The second-order valence-corrected chi connectivity index (χ2v) is 35.8. The minimum atomic E-state index is -4.97. The summed E-state index contributed by atoms with van der Waals surface area (Å²) in [4.78, 5) is 73.4. The summed E-state index contributed by atoms with van der Waals surface area (Å²) in [7, 11) is -9.93. The van der Waals surface area contributed by atoms with Gasteiger partial charge in [-0.1, -0.05) is 427 Å². The summed E-state index contributed by atoms with van der Waals surface area (Å²) >= 11 is 0. The minimum Gasteiger partial charge on any atom is -0.462 e. The molecule has 0 aliphatic heterocycles. The van der Waals surface area contributed by atoms with Crippen molar-refractivity contribution < 1.29 is 80.2 Å². The lowest BCUT2D eigenvalue weighted by Gasteiger charge is -2.21. The molecule has 0 saturated carbocycles. The van der Waals surface area contributed by atoms with Crippen LogP contribution in [0.3, 0.4) is 0 Å². The average Bonchev–Trinajstić information content (AvgIpc) is 0.896. The number of rotatable bonds is 88. The highest BCUT2D eigenvalue weighted by atomic mass is 31.2. The standard InChI is InChI=1S/C89H174O17P2/c1-7-9-11-13-15-17-19-21-22-23-27-30-36-42-48-54-60-66-72-87(92)100-78-85(105-88(93)73-67-61-55-49-43-37-31-28-25-24-26-29-34-39-45-51-57-63-69-81(3)4)80-104-108(97,98)102-76-83(90)75-101-107(95,96)103-79-84(77-99-86(91)71-65-59-53-47-41-33-20-18-16-14-12-10-8-2)106-89(94)74-68-62-56-50-44-38-32-35-40-46-52-58-64-70-82(5)6/h81-85,90H,7-80H2,1-6H3,(H,95,96)(H,97,98)/t83-,84+,85+/m0/s1. The topological polar surface area (TPSA) is 237 Å². The zero-order valence-electron chi connectivity index (χ0n) is 71.2. The molecule has 0 aliphatic carbocycles. The van der Waals surface area contributed by atoms with Crippen molar-refractivity contribution in [3.8, 4) is 0 Å². The van der Waals surface area contributed by atoms with E-state index in [1.807, 2.05) is 0 Å². The Hall–Kier alpha value is -1.94. The molecule has 0 saturated heterocycles. The molecule has 5 atom stereocenters. The first-order valence-corrected chi connectivity index (χ1v) is 49.0. The molecule has 17 nitrogen and oxygen atoms in total. The molecule has 0 spiro atoms. The van der Waals surface area contributed by atoms with Gasteiger partial charge in [0.1, 0.15) is 19.3 Å². The Morgan fingerprint density at radius 3 is 0.630 bits per heavy atom. The van der Waals surface area contributed by atoms with Gasteiger partial charge >= 0.3 is 39.5 Å². The smallest absolute Gasteiger partial charge is 0.462 e. The van der Waals surface area contributed by atoms with Crippen LogP contribution in [0.5, 0.6) is 0 Å². The first-order valence-electron chi connectivity index (χ1n) is 46.0. The van der Waals surface area contributed by atoms with E-state index < -0.39 is 97.5 Å². The first kappa shape index (κ1) is 106. The molecule has 0 aromatic rings. The van der Waals surface area contributed by atoms with E-state index in [0.29, 0.717) is 25.7 Å². The van der Waals surface area contributed by atoms with Gasteiger partial charge < -0.3 is 33.8 Å². The summed E-state index contributed by atoms with van der Waals surface area (Å²) in [5.74, 6) is -0.489. The average molecular weight is 1580 g/mol. The molecule has 0 amide bonds. The molecular weight excluding hydrogens is 1400 g/mol. The summed E-state index contributed by atoms with van der Waals surface area (Å²) < 4.78 is 69.0. The monoisotopic (exact) mass is 1580 g/mol. The summed E-state index contributed by atoms with van der Waals surface area (Å²) in [6, 6.07) is 0. The van der Waals surface area contributed by atoms with Crippen LogP contribution in [0.4, 0.5) is 0 Å². The molecule has 19 heteroatoms. The van der Waals surface area contributed by atoms with Gasteiger partial charge in [-0.25, -0.2) is 9.13 Å². The number of aliphatic hydroxyl groups is 1. The van der Waals surface area contributed by atoms with Crippen LogP contribution in [-0.4, -0.2) is 96.7 Å². The first-order chi connectivity index (χ1) is 52.4. The summed E-state index contributed by atoms with van der Waals surface area (Å²) in [5.41, 5.74) is 0. The number of esters is 4. The number of unbranched alkanes of at least 4 members (excludes halogenated alkanes) is 58. The Morgan fingerprint density at radius 2 is 0.426 bits per heavy atom. The molecule has 0 bridgehead atoms. The van der Waals surface area contributed by atoms with E-state index >= 15 is 0 Å². The molecule has 0 aromatic heterocycles. The van der Waals surface area contributed by atoms with E-state index in [-0.39, 0.29) is 25.7 Å². The molecule has 2 unspecified atom stereocenters. The van der Waals surface area contributed by atoms with E-state index in [0.717, 1.165) is 102 Å². The second kappa shape index (κ2) is 80.3. The Morgan fingerprint density at radius 1 is 0.250 bits per heavy atom. The zero-order chi connectivity index (χ0) is 79.2. The van der Waals surface area contributed by atoms with E-state index in [1.165, 1.54) is 295 Å². The lowest BCUT2D eigenvalue weighted by atomic mass is 10.0. The lowest BCUT2D eigenvalue weighted by Crippen LogP contribution is -2.30. The number of carbonyl (C=O) groups is 4. The third-order valence-electron chi connectivity index (χ3n) is 21.0. The van der Waals surface area contributed by atoms with Crippen LogP contribution in [0, 0.1) is 11.8 Å². The van der Waals surface area contributed by atoms with E-state index in [4.69, 9.17) is 37.0 Å². The number of phosphoric ester groups is 2. The van der Waals surface area contributed by atoms with Crippen LogP contribution in [0.25, 0.3) is 0 Å². The largest absolute Gasteiger partial charge is 0.472 e. The van der Waals surface area contributed by atoms with Gasteiger partial charge in [-0.3, -0.25) is 37.3 Å². The Bertz CT molecular complexity index is 2060. The van der Waals surface area contributed by atoms with Gasteiger partial charge in [-0.2, -0.15) is 0 Å². The second-order valence-electron chi connectivity index (χ2n) is 32.9. The van der Waals surface area contributed by atoms with Crippen LogP contribution >= 0.6 is 15.6 Å². The highest BCUT2D eigenvalue weighted by molar-refractivity contribution is 7.47. The summed E-state index contributed by atoms with van der Waals surface area (Å²) in [6.45, 7) is 9.75. The highest BCUT2D eigenvalue weighted by Crippen LogP contribution is 2.45. The minimum absolute atomic E-state index is 0.108. The molecule has 0 aromatic carbocycles. The van der Waals surface area contributed by atoms with Gasteiger partial charge in [0.05, 0.1) is 26.4 Å². The quantitative estimate of drug-likeness (QED) is 0.0222. The maximum atomic E-state index is 13.2. The van der Waals surface area contributed by atoms with Gasteiger partial charge in [0.15, 0.2) is 12.2 Å². The number of hydrogen-bond acceptors (Lipinski definition) is 15. The van der Waals surface area contributed by atoms with Crippen molar-refractivity contribution in [2.45, 2.75) is 496 Å². The maximum absolute atomic E-state index is 13.2. The van der Waals surface area contributed by atoms with Gasteiger partial charge in [0.2, 0.25) is 0 Å². The molecule has 0 fully saturated rings. The molecule has 0 heterocycles. The summed E-state index contributed by atoms with van der Waals surface area (Å²) in [6.07, 6.45) is 73.5.